The zero-order valence-electron chi connectivity index (χ0n) is 12.2. The average Bonchev–Trinajstić information content (AvgIpc) is 3.14. The zero-order chi connectivity index (χ0) is 14.8. The van der Waals surface area contributed by atoms with Gasteiger partial charge < -0.3 is 18.7 Å². The van der Waals surface area contributed by atoms with E-state index in [1.807, 2.05) is 12.4 Å². The lowest BCUT2D eigenvalue weighted by Gasteiger charge is -2.27. The van der Waals surface area contributed by atoms with Crippen molar-refractivity contribution in [3.8, 4) is 5.88 Å². The molecule has 1 aliphatic heterocycles. The largest absolute Gasteiger partial charge is 0.479 e. The quantitative estimate of drug-likeness (QED) is 0.846. The standard InChI is InChI=1S/C14H18N4O3/c1-17(14(19)11-7-13(20-2)16-21-11)8-10-3-4-12-15-5-6-18(12)9-10/h5-7,10H,3-4,8-9H2,1-2H3. The fraction of sp³-hybridized carbons (Fsp3) is 0.500. The monoisotopic (exact) mass is 290 g/mol. The van der Waals surface area contributed by atoms with Crippen molar-refractivity contribution in [2.75, 3.05) is 20.7 Å². The predicted molar refractivity (Wildman–Crippen MR) is 74.1 cm³/mol. The van der Waals surface area contributed by atoms with Crippen molar-refractivity contribution in [2.45, 2.75) is 19.4 Å². The van der Waals surface area contributed by atoms with Crippen molar-refractivity contribution in [1.29, 1.82) is 0 Å². The first-order valence-electron chi connectivity index (χ1n) is 6.93. The Morgan fingerprint density at radius 2 is 2.48 bits per heavy atom. The summed E-state index contributed by atoms with van der Waals surface area (Å²) in [5.74, 6) is 1.88. The van der Waals surface area contributed by atoms with Gasteiger partial charge in [-0.1, -0.05) is 0 Å². The molecule has 0 saturated heterocycles. The Balaban J connectivity index is 1.61. The summed E-state index contributed by atoms with van der Waals surface area (Å²) < 4.78 is 12.1. The molecule has 7 nitrogen and oxygen atoms in total. The minimum atomic E-state index is -0.178. The average molecular weight is 290 g/mol. The molecule has 7 heteroatoms. The molecule has 21 heavy (non-hydrogen) atoms. The SMILES string of the molecule is COc1cc(C(=O)N(C)CC2CCc3nccn3C2)on1. The number of methoxy groups -OCH3 is 1. The van der Waals surface area contributed by atoms with Crippen molar-refractivity contribution in [3.63, 3.8) is 0 Å². The maximum Gasteiger partial charge on any atom is 0.292 e. The number of aromatic nitrogens is 3. The normalized spacial score (nSPS) is 17.3. The fourth-order valence-electron chi connectivity index (χ4n) is 2.70. The van der Waals surface area contributed by atoms with Gasteiger partial charge in [-0.15, -0.1) is 0 Å². The summed E-state index contributed by atoms with van der Waals surface area (Å²) in [6.45, 7) is 1.58. The van der Waals surface area contributed by atoms with E-state index in [-0.39, 0.29) is 11.7 Å². The van der Waals surface area contributed by atoms with Crippen LogP contribution in [0, 0.1) is 5.92 Å². The van der Waals surface area contributed by atoms with Crippen LogP contribution in [-0.4, -0.2) is 46.2 Å². The van der Waals surface area contributed by atoms with Crippen LogP contribution in [0.15, 0.2) is 23.0 Å². The second-order valence-electron chi connectivity index (χ2n) is 5.32. The molecular formula is C14H18N4O3. The molecule has 0 aliphatic carbocycles. The highest BCUT2D eigenvalue weighted by molar-refractivity contribution is 5.91. The Morgan fingerprint density at radius 1 is 1.62 bits per heavy atom. The molecule has 1 aliphatic rings. The van der Waals surface area contributed by atoms with Crippen LogP contribution in [0.25, 0.3) is 0 Å². The molecule has 0 aromatic carbocycles. The van der Waals surface area contributed by atoms with E-state index in [0.717, 1.165) is 25.2 Å². The second-order valence-corrected chi connectivity index (χ2v) is 5.32. The highest BCUT2D eigenvalue weighted by Gasteiger charge is 2.24. The van der Waals surface area contributed by atoms with Crippen LogP contribution in [0.3, 0.4) is 0 Å². The van der Waals surface area contributed by atoms with Crippen LogP contribution in [-0.2, 0) is 13.0 Å². The summed E-state index contributed by atoms with van der Waals surface area (Å²) in [4.78, 5) is 18.2. The van der Waals surface area contributed by atoms with Crippen molar-refractivity contribution in [3.05, 3.63) is 30.0 Å². The highest BCUT2D eigenvalue weighted by Crippen LogP contribution is 2.20. The maximum absolute atomic E-state index is 12.3. The van der Waals surface area contributed by atoms with Gasteiger partial charge in [0.1, 0.15) is 5.82 Å². The van der Waals surface area contributed by atoms with E-state index in [1.165, 1.54) is 13.2 Å². The fourth-order valence-corrected chi connectivity index (χ4v) is 2.70. The van der Waals surface area contributed by atoms with E-state index in [1.54, 1.807) is 11.9 Å². The Morgan fingerprint density at radius 3 is 3.24 bits per heavy atom. The van der Waals surface area contributed by atoms with Crippen molar-refractivity contribution < 1.29 is 14.1 Å². The number of rotatable bonds is 4. The maximum atomic E-state index is 12.3. The number of imidazole rings is 1. The lowest BCUT2D eigenvalue weighted by Crippen LogP contribution is -2.35. The summed E-state index contributed by atoms with van der Waals surface area (Å²) in [7, 11) is 3.27. The predicted octanol–water partition coefficient (Wildman–Crippen LogP) is 1.21. The van der Waals surface area contributed by atoms with Crippen LogP contribution >= 0.6 is 0 Å². The molecule has 3 rings (SSSR count). The summed E-state index contributed by atoms with van der Waals surface area (Å²) in [6.07, 6.45) is 5.81. The molecule has 0 radical (unpaired) electrons. The van der Waals surface area contributed by atoms with Gasteiger partial charge >= 0.3 is 0 Å². The number of carbonyl (C=O) groups is 1. The first-order valence-corrected chi connectivity index (χ1v) is 6.93. The van der Waals surface area contributed by atoms with Gasteiger partial charge in [0.15, 0.2) is 0 Å². The summed E-state index contributed by atoms with van der Waals surface area (Å²) in [5.41, 5.74) is 0. The van der Waals surface area contributed by atoms with Crippen molar-refractivity contribution in [1.82, 2.24) is 19.6 Å². The molecule has 0 saturated carbocycles. The molecular weight excluding hydrogens is 272 g/mol. The lowest BCUT2D eigenvalue weighted by molar-refractivity contribution is 0.0719. The van der Waals surface area contributed by atoms with E-state index >= 15 is 0 Å². The third-order valence-corrected chi connectivity index (χ3v) is 3.82. The van der Waals surface area contributed by atoms with E-state index in [2.05, 4.69) is 14.7 Å². The summed E-state index contributed by atoms with van der Waals surface area (Å²) in [6, 6.07) is 1.51. The van der Waals surface area contributed by atoms with Gasteiger partial charge in [0.25, 0.3) is 11.8 Å². The third-order valence-electron chi connectivity index (χ3n) is 3.82. The van der Waals surface area contributed by atoms with Crippen LogP contribution in [0.2, 0.25) is 0 Å². The summed E-state index contributed by atoms with van der Waals surface area (Å²) in [5, 5.41) is 3.65. The molecule has 112 valence electrons. The number of ether oxygens (including phenoxy) is 1. The van der Waals surface area contributed by atoms with Crippen LogP contribution < -0.4 is 4.74 Å². The smallest absolute Gasteiger partial charge is 0.292 e. The van der Waals surface area contributed by atoms with Gasteiger partial charge in [0.05, 0.1) is 13.2 Å². The van der Waals surface area contributed by atoms with Crippen LogP contribution in [0.5, 0.6) is 5.88 Å². The molecule has 0 fully saturated rings. The first kappa shape index (κ1) is 13.7. The number of carbonyl (C=O) groups excluding carboxylic acids is 1. The topological polar surface area (TPSA) is 73.4 Å². The molecule has 3 heterocycles. The van der Waals surface area contributed by atoms with Gasteiger partial charge in [-0.3, -0.25) is 4.79 Å². The molecule has 0 N–H and O–H groups in total. The van der Waals surface area contributed by atoms with E-state index < -0.39 is 0 Å². The molecule has 1 atom stereocenters. The van der Waals surface area contributed by atoms with Gasteiger partial charge in [-0.25, -0.2) is 4.98 Å². The molecule has 2 aromatic rings. The third kappa shape index (κ3) is 2.76. The number of fused-ring (bicyclic) bond motifs is 1. The number of aryl methyl sites for hydroxylation is 1. The molecule has 2 aromatic heterocycles. The molecule has 0 bridgehead atoms. The Hall–Kier alpha value is -2.31. The highest BCUT2D eigenvalue weighted by atomic mass is 16.5. The molecule has 0 spiro atoms. The van der Waals surface area contributed by atoms with Crippen molar-refractivity contribution in [2.24, 2.45) is 5.92 Å². The number of hydrogen-bond acceptors (Lipinski definition) is 5. The number of amides is 1. The zero-order valence-corrected chi connectivity index (χ0v) is 12.2. The molecule has 1 unspecified atom stereocenters. The van der Waals surface area contributed by atoms with E-state index in [0.29, 0.717) is 18.3 Å². The minimum absolute atomic E-state index is 0.178. The van der Waals surface area contributed by atoms with Gasteiger partial charge in [-0.2, -0.15) is 0 Å². The van der Waals surface area contributed by atoms with Crippen molar-refractivity contribution >= 4 is 5.91 Å². The Bertz CT molecular complexity index is 634. The van der Waals surface area contributed by atoms with E-state index in [9.17, 15) is 4.79 Å². The second kappa shape index (κ2) is 5.59. The minimum Gasteiger partial charge on any atom is -0.479 e. The Kier molecular flexibility index (Phi) is 3.64. The van der Waals surface area contributed by atoms with Crippen LogP contribution in [0.1, 0.15) is 22.8 Å². The number of nitrogens with zero attached hydrogens (tertiary/aromatic N) is 4. The first-order chi connectivity index (χ1) is 10.2. The van der Waals surface area contributed by atoms with Gasteiger partial charge in [0.2, 0.25) is 5.76 Å². The molecule has 1 amide bonds. The van der Waals surface area contributed by atoms with Gasteiger partial charge in [-0.05, 0) is 17.5 Å². The van der Waals surface area contributed by atoms with Crippen LogP contribution in [0.4, 0.5) is 0 Å². The summed E-state index contributed by atoms with van der Waals surface area (Å²) >= 11 is 0. The van der Waals surface area contributed by atoms with Gasteiger partial charge in [0, 0.05) is 39.0 Å². The lowest BCUT2D eigenvalue weighted by atomic mass is 9.99. The van der Waals surface area contributed by atoms with E-state index in [4.69, 9.17) is 9.26 Å². The Labute approximate surface area is 122 Å². The number of hydrogen-bond donors (Lipinski definition) is 0.